The molecule has 3 heteroatoms. The van der Waals surface area contributed by atoms with E-state index < -0.39 is 5.92 Å². The zero-order chi connectivity index (χ0) is 10.0. The van der Waals surface area contributed by atoms with Crippen molar-refractivity contribution in [1.82, 2.24) is 5.32 Å². The lowest BCUT2D eigenvalue weighted by atomic mass is 9.82. The molecule has 2 rings (SSSR count). The minimum atomic E-state index is -2.41. The largest absolute Gasteiger partial charge is 0.316 e. The molecular weight excluding hydrogens is 184 g/mol. The summed E-state index contributed by atoms with van der Waals surface area (Å²) < 4.78 is 27.8. The van der Waals surface area contributed by atoms with E-state index in [0.717, 1.165) is 38.5 Å². The first-order chi connectivity index (χ1) is 6.71. The predicted octanol–water partition coefficient (Wildman–Crippen LogP) is 2.81. The van der Waals surface area contributed by atoms with Crippen LogP contribution < -0.4 is 5.32 Å². The van der Waals surface area contributed by atoms with Gasteiger partial charge in [-0.05, 0) is 12.8 Å². The normalized spacial score (nSPS) is 27.0. The van der Waals surface area contributed by atoms with E-state index >= 15 is 0 Å². The van der Waals surface area contributed by atoms with Gasteiger partial charge < -0.3 is 5.32 Å². The molecule has 0 aromatic carbocycles. The van der Waals surface area contributed by atoms with Gasteiger partial charge in [-0.3, -0.25) is 0 Å². The molecule has 1 N–H and O–H groups in total. The molecule has 0 bridgehead atoms. The first-order valence-electron chi connectivity index (χ1n) is 5.80. The number of halogens is 2. The van der Waals surface area contributed by atoms with Crippen LogP contribution >= 0.6 is 0 Å². The van der Waals surface area contributed by atoms with E-state index in [0.29, 0.717) is 13.1 Å². The third kappa shape index (κ3) is 1.92. The number of rotatable bonds is 2. The fourth-order valence-corrected chi connectivity index (χ4v) is 2.56. The molecule has 2 aliphatic rings. The number of nitrogens with one attached hydrogen (secondary N) is 1. The van der Waals surface area contributed by atoms with Crippen molar-refractivity contribution < 1.29 is 8.78 Å². The zero-order valence-corrected chi connectivity index (χ0v) is 8.57. The molecule has 14 heavy (non-hydrogen) atoms. The first kappa shape index (κ1) is 10.3. The monoisotopic (exact) mass is 203 g/mol. The summed E-state index contributed by atoms with van der Waals surface area (Å²) in [5, 5.41) is 2.94. The van der Waals surface area contributed by atoms with Gasteiger partial charge in [-0.15, -0.1) is 0 Å². The van der Waals surface area contributed by atoms with Crippen LogP contribution in [0.25, 0.3) is 0 Å². The van der Waals surface area contributed by atoms with E-state index in [1.807, 2.05) is 0 Å². The molecule has 2 fully saturated rings. The molecule has 1 saturated carbocycles. The Hall–Kier alpha value is -0.180. The van der Waals surface area contributed by atoms with Crippen LogP contribution in [0.2, 0.25) is 0 Å². The van der Waals surface area contributed by atoms with Crippen molar-refractivity contribution in [3.8, 4) is 0 Å². The molecule has 0 aromatic rings. The summed E-state index contributed by atoms with van der Waals surface area (Å²) in [6.07, 6.45) is 5.78. The van der Waals surface area contributed by atoms with E-state index in [-0.39, 0.29) is 11.8 Å². The topological polar surface area (TPSA) is 12.0 Å². The summed E-state index contributed by atoms with van der Waals surface area (Å²) in [6, 6.07) is 0. The molecule has 0 aromatic heterocycles. The van der Waals surface area contributed by atoms with Gasteiger partial charge in [0.15, 0.2) is 0 Å². The van der Waals surface area contributed by atoms with Crippen molar-refractivity contribution in [1.29, 1.82) is 0 Å². The highest BCUT2D eigenvalue weighted by Crippen LogP contribution is 2.41. The molecule has 82 valence electrons. The molecule has 0 spiro atoms. The maximum atomic E-state index is 13.9. The minimum Gasteiger partial charge on any atom is -0.316 e. The highest BCUT2D eigenvalue weighted by Gasteiger charge is 2.48. The predicted molar refractivity (Wildman–Crippen MR) is 52.5 cm³/mol. The number of hydrogen-bond acceptors (Lipinski definition) is 1. The lowest BCUT2D eigenvalue weighted by Gasteiger charge is -2.38. The summed E-state index contributed by atoms with van der Waals surface area (Å²) in [5.41, 5.74) is 0. The van der Waals surface area contributed by atoms with Crippen molar-refractivity contribution >= 4 is 0 Å². The third-order valence-electron chi connectivity index (χ3n) is 3.73. The van der Waals surface area contributed by atoms with E-state index in [9.17, 15) is 8.78 Å². The van der Waals surface area contributed by atoms with Crippen LogP contribution in [-0.2, 0) is 0 Å². The average Bonchev–Trinajstić information content (AvgIpc) is 2.26. The molecule has 1 nitrogen and oxygen atoms in total. The van der Waals surface area contributed by atoms with E-state index in [1.165, 1.54) is 0 Å². The van der Waals surface area contributed by atoms with Gasteiger partial charge in [0.25, 0.3) is 5.92 Å². The third-order valence-corrected chi connectivity index (χ3v) is 3.73. The van der Waals surface area contributed by atoms with Crippen LogP contribution in [0.5, 0.6) is 0 Å². The lowest BCUT2D eigenvalue weighted by Crippen LogP contribution is -2.54. The van der Waals surface area contributed by atoms with Gasteiger partial charge in [0, 0.05) is 24.9 Å². The highest BCUT2D eigenvalue weighted by molar-refractivity contribution is 4.92. The molecule has 0 radical (unpaired) electrons. The van der Waals surface area contributed by atoms with Gasteiger partial charge in [-0.2, -0.15) is 0 Å². The molecule has 1 aliphatic carbocycles. The summed E-state index contributed by atoms with van der Waals surface area (Å²) in [6.45, 7) is 1.03. The molecule has 0 amide bonds. The zero-order valence-electron chi connectivity index (χ0n) is 8.57. The molecule has 1 heterocycles. The molecule has 0 atom stereocenters. The second kappa shape index (κ2) is 4.13. The van der Waals surface area contributed by atoms with E-state index in [2.05, 4.69) is 5.32 Å². The highest BCUT2D eigenvalue weighted by atomic mass is 19.3. The Bertz CT molecular complexity index is 182. The van der Waals surface area contributed by atoms with Crippen molar-refractivity contribution in [3.63, 3.8) is 0 Å². The fourth-order valence-electron chi connectivity index (χ4n) is 2.56. The van der Waals surface area contributed by atoms with Gasteiger partial charge in [-0.25, -0.2) is 8.78 Å². The SMILES string of the molecule is FC(F)(C1CCCCCC1)C1CNC1. The Labute approximate surface area is 84.3 Å². The second-order valence-electron chi connectivity index (χ2n) is 4.72. The van der Waals surface area contributed by atoms with Gasteiger partial charge in [0.05, 0.1) is 0 Å². The maximum Gasteiger partial charge on any atom is 0.256 e. The Morgan fingerprint density at radius 1 is 0.857 bits per heavy atom. The van der Waals surface area contributed by atoms with E-state index in [1.54, 1.807) is 0 Å². The van der Waals surface area contributed by atoms with Crippen LogP contribution in [0.15, 0.2) is 0 Å². The quantitative estimate of drug-likeness (QED) is 0.680. The van der Waals surface area contributed by atoms with Crippen molar-refractivity contribution in [2.24, 2.45) is 11.8 Å². The smallest absolute Gasteiger partial charge is 0.256 e. The summed E-state index contributed by atoms with van der Waals surface area (Å²) in [7, 11) is 0. The fraction of sp³-hybridized carbons (Fsp3) is 1.00. The van der Waals surface area contributed by atoms with Crippen molar-refractivity contribution in [3.05, 3.63) is 0 Å². The molecule has 1 saturated heterocycles. The average molecular weight is 203 g/mol. The van der Waals surface area contributed by atoms with Crippen LogP contribution in [0.3, 0.4) is 0 Å². The van der Waals surface area contributed by atoms with Crippen LogP contribution in [0, 0.1) is 11.8 Å². The minimum absolute atomic E-state index is 0.336. The first-order valence-corrected chi connectivity index (χ1v) is 5.80. The maximum absolute atomic E-state index is 13.9. The summed E-state index contributed by atoms with van der Waals surface area (Å²) in [4.78, 5) is 0. The van der Waals surface area contributed by atoms with Gasteiger partial charge in [0.1, 0.15) is 0 Å². The Morgan fingerprint density at radius 2 is 1.43 bits per heavy atom. The second-order valence-corrected chi connectivity index (χ2v) is 4.72. The van der Waals surface area contributed by atoms with Gasteiger partial charge in [0.2, 0.25) is 0 Å². The van der Waals surface area contributed by atoms with E-state index in [4.69, 9.17) is 0 Å². The lowest BCUT2D eigenvalue weighted by molar-refractivity contribution is -0.127. The molecule has 0 unspecified atom stereocenters. The number of alkyl halides is 2. The number of hydrogen-bond donors (Lipinski definition) is 1. The summed E-state index contributed by atoms with van der Waals surface area (Å²) >= 11 is 0. The van der Waals surface area contributed by atoms with Gasteiger partial charge in [-0.1, -0.05) is 25.7 Å². The Kier molecular flexibility index (Phi) is 3.05. The van der Waals surface area contributed by atoms with Crippen molar-refractivity contribution in [2.75, 3.05) is 13.1 Å². The standard InChI is InChI=1S/C11H19F2N/c12-11(13,10-7-14-8-10)9-5-3-1-2-4-6-9/h9-10,14H,1-8H2. The van der Waals surface area contributed by atoms with Crippen molar-refractivity contribution in [2.45, 2.75) is 44.4 Å². The Balaban J connectivity index is 1.95. The van der Waals surface area contributed by atoms with Crippen LogP contribution in [-0.4, -0.2) is 19.0 Å². The molecule has 1 aliphatic heterocycles. The Morgan fingerprint density at radius 3 is 1.86 bits per heavy atom. The molecular formula is C11H19F2N. The van der Waals surface area contributed by atoms with Gasteiger partial charge >= 0.3 is 0 Å². The summed E-state index contributed by atoms with van der Waals surface area (Å²) in [5.74, 6) is -3.13. The van der Waals surface area contributed by atoms with Crippen LogP contribution in [0.4, 0.5) is 8.78 Å². The van der Waals surface area contributed by atoms with Crippen LogP contribution in [0.1, 0.15) is 38.5 Å².